The molecule has 0 aromatic carbocycles. The minimum absolute atomic E-state index is 0.725. The Kier molecular flexibility index (Phi) is 1.66. The molecule has 2 rings (SSSR count). The summed E-state index contributed by atoms with van der Waals surface area (Å²) in [5.41, 5.74) is 1.73. The van der Waals surface area contributed by atoms with Crippen LogP contribution in [0.25, 0.3) is 0 Å². The molecule has 0 amide bonds. The van der Waals surface area contributed by atoms with Crippen LogP contribution in [0, 0.1) is 6.92 Å². The van der Waals surface area contributed by atoms with E-state index in [0.29, 0.717) is 0 Å². The number of hydrogen-bond acceptors (Lipinski definition) is 3. The SMILES string of the molecule is Cc1nonc1Cn1cccc1. The van der Waals surface area contributed by atoms with Gasteiger partial charge in [0.15, 0.2) is 0 Å². The van der Waals surface area contributed by atoms with Gasteiger partial charge in [-0.2, -0.15) is 0 Å². The minimum Gasteiger partial charge on any atom is -0.348 e. The van der Waals surface area contributed by atoms with E-state index in [1.165, 1.54) is 0 Å². The maximum absolute atomic E-state index is 4.58. The van der Waals surface area contributed by atoms with E-state index < -0.39 is 0 Å². The lowest BCUT2D eigenvalue weighted by atomic mass is 10.3. The summed E-state index contributed by atoms with van der Waals surface area (Å²) in [6, 6.07) is 3.95. The summed E-state index contributed by atoms with van der Waals surface area (Å²) in [4.78, 5) is 0. The molecule has 0 spiro atoms. The van der Waals surface area contributed by atoms with E-state index in [0.717, 1.165) is 17.9 Å². The van der Waals surface area contributed by atoms with Crippen molar-refractivity contribution in [2.45, 2.75) is 13.5 Å². The predicted octanol–water partition coefficient (Wildman–Crippen LogP) is 1.23. The number of rotatable bonds is 2. The number of aryl methyl sites for hydroxylation is 1. The first kappa shape index (κ1) is 7.09. The van der Waals surface area contributed by atoms with Gasteiger partial charge in [-0.1, -0.05) is 10.3 Å². The van der Waals surface area contributed by atoms with Gasteiger partial charge in [0, 0.05) is 12.4 Å². The first-order chi connectivity index (χ1) is 5.86. The van der Waals surface area contributed by atoms with Crippen molar-refractivity contribution in [3.63, 3.8) is 0 Å². The van der Waals surface area contributed by atoms with Crippen LogP contribution < -0.4 is 0 Å². The Labute approximate surface area is 69.8 Å². The van der Waals surface area contributed by atoms with Gasteiger partial charge in [-0.05, 0) is 19.1 Å². The van der Waals surface area contributed by atoms with Gasteiger partial charge in [0.2, 0.25) is 0 Å². The average Bonchev–Trinajstić information content (AvgIpc) is 2.65. The van der Waals surface area contributed by atoms with Crippen LogP contribution in [0.15, 0.2) is 29.2 Å². The molecule has 0 aliphatic rings. The summed E-state index contributed by atoms with van der Waals surface area (Å²) >= 11 is 0. The van der Waals surface area contributed by atoms with Crippen LogP contribution in [-0.2, 0) is 6.54 Å². The van der Waals surface area contributed by atoms with E-state index in [1.54, 1.807) is 0 Å². The fourth-order valence-corrected chi connectivity index (χ4v) is 1.04. The summed E-state index contributed by atoms with van der Waals surface area (Å²) in [5, 5.41) is 7.48. The first-order valence-corrected chi connectivity index (χ1v) is 3.75. The lowest BCUT2D eigenvalue weighted by Gasteiger charge is -1.96. The zero-order valence-corrected chi connectivity index (χ0v) is 6.77. The molecule has 12 heavy (non-hydrogen) atoms. The summed E-state index contributed by atoms with van der Waals surface area (Å²) in [5.74, 6) is 0. The van der Waals surface area contributed by atoms with E-state index in [9.17, 15) is 0 Å². The van der Waals surface area contributed by atoms with Crippen LogP contribution in [0.3, 0.4) is 0 Å². The molecule has 2 aromatic rings. The second-order valence-electron chi connectivity index (χ2n) is 2.65. The zero-order valence-electron chi connectivity index (χ0n) is 6.77. The van der Waals surface area contributed by atoms with Crippen LogP contribution in [0.2, 0.25) is 0 Å². The quantitative estimate of drug-likeness (QED) is 0.668. The molecule has 0 aliphatic heterocycles. The lowest BCUT2D eigenvalue weighted by molar-refractivity contribution is 0.300. The molecule has 0 aliphatic carbocycles. The van der Waals surface area contributed by atoms with Gasteiger partial charge >= 0.3 is 0 Å². The maximum Gasteiger partial charge on any atom is 0.127 e. The lowest BCUT2D eigenvalue weighted by Crippen LogP contribution is -1.97. The van der Waals surface area contributed by atoms with Gasteiger partial charge in [0.05, 0.1) is 6.54 Å². The van der Waals surface area contributed by atoms with Crippen LogP contribution >= 0.6 is 0 Å². The second-order valence-corrected chi connectivity index (χ2v) is 2.65. The normalized spacial score (nSPS) is 10.4. The molecule has 2 heterocycles. The van der Waals surface area contributed by atoms with Gasteiger partial charge in [0.25, 0.3) is 0 Å². The van der Waals surface area contributed by atoms with Crippen molar-refractivity contribution in [3.8, 4) is 0 Å². The Morgan fingerprint density at radius 2 is 2.08 bits per heavy atom. The summed E-state index contributed by atoms with van der Waals surface area (Å²) in [6.45, 7) is 2.61. The predicted molar refractivity (Wildman–Crippen MR) is 42.6 cm³/mol. The highest BCUT2D eigenvalue weighted by atomic mass is 16.6. The molecule has 0 radical (unpaired) electrons. The van der Waals surface area contributed by atoms with E-state index >= 15 is 0 Å². The average molecular weight is 163 g/mol. The zero-order chi connectivity index (χ0) is 8.39. The molecule has 0 atom stereocenters. The monoisotopic (exact) mass is 163 g/mol. The summed E-state index contributed by atoms with van der Waals surface area (Å²) in [6.07, 6.45) is 3.96. The molecule has 0 saturated heterocycles. The highest BCUT2D eigenvalue weighted by Crippen LogP contribution is 2.03. The molecule has 2 aromatic heterocycles. The molecule has 0 bridgehead atoms. The molecule has 4 nitrogen and oxygen atoms in total. The van der Waals surface area contributed by atoms with Gasteiger partial charge in [-0.15, -0.1) is 0 Å². The van der Waals surface area contributed by atoms with Crippen LogP contribution in [0.4, 0.5) is 0 Å². The second kappa shape index (κ2) is 2.81. The largest absolute Gasteiger partial charge is 0.348 e. The van der Waals surface area contributed by atoms with Crippen LogP contribution in [0.1, 0.15) is 11.4 Å². The number of aromatic nitrogens is 3. The van der Waals surface area contributed by atoms with Gasteiger partial charge in [-0.25, -0.2) is 4.63 Å². The fraction of sp³-hybridized carbons (Fsp3) is 0.250. The third-order valence-electron chi connectivity index (χ3n) is 1.74. The van der Waals surface area contributed by atoms with Gasteiger partial charge in [-0.3, -0.25) is 0 Å². The van der Waals surface area contributed by atoms with E-state index in [-0.39, 0.29) is 0 Å². The van der Waals surface area contributed by atoms with Crippen LogP contribution in [-0.4, -0.2) is 14.9 Å². The third-order valence-corrected chi connectivity index (χ3v) is 1.74. The van der Waals surface area contributed by atoms with Crippen molar-refractivity contribution >= 4 is 0 Å². The molecule has 0 fully saturated rings. The topological polar surface area (TPSA) is 43.9 Å². The molecule has 4 heteroatoms. The Morgan fingerprint density at radius 1 is 1.33 bits per heavy atom. The Bertz CT molecular complexity index is 350. The Balaban J connectivity index is 2.20. The van der Waals surface area contributed by atoms with E-state index in [1.807, 2.05) is 36.0 Å². The third kappa shape index (κ3) is 1.23. The molecule has 0 unspecified atom stereocenters. The molecule has 0 N–H and O–H groups in total. The van der Waals surface area contributed by atoms with Crippen molar-refractivity contribution in [3.05, 3.63) is 35.9 Å². The highest BCUT2D eigenvalue weighted by Gasteiger charge is 2.03. The highest BCUT2D eigenvalue weighted by molar-refractivity contribution is 5.06. The summed E-state index contributed by atoms with van der Waals surface area (Å²) in [7, 11) is 0. The Morgan fingerprint density at radius 3 is 2.67 bits per heavy atom. The molecular weight excluding hydrogens is 154 g/mol. The van der Waals surface area contributed by atoms with Gasteiger partial charge in [0.1, 0.15) is 11.4 Å². The Hall–Kier alpha value is -1.58. The molecule has 0 saturated carbocycles. The van der Waals surface area contributed by atoms with Crippen molar-refractivity contribution < 1.29 is 4.63 Å². The van der Waals surface area contributed by atoms with Gasteiger partial charge < -0.3 is 4.57 Å². The van der Waals surface area contributed by atoms with Crippen molar-refractivity contribution in [1.82, 2.24) is 14.9 Å². The molecular formula is C8H9N3O. The minimum atomic E-state index is 0.725. The number of hydrogen-bond donors (Lipinski definition) is 0. The van der Waals surface area contributed by atoms with Crippen molar-refractivity contribution in [1.29, 1.82) is 0 Å². The van der Waals surface area contributed by atoms with E-state index in [2.05, 4.69) is 14.9 Å². The van der Waals surface area contributed by atoms with Crippen molar-refractivity contribution in [2.24, 2.45) is 0 Å². The van der Waals surface area contributed by atoms with Crippen molar-refractivity contribution in [2.75, 3.05) is 0 Å². The maximum atomic E-state index is 4.58. The summed E-state index contributed by atoms with van der Waals surface area (Å²) < 4.78 is 6.60. The molecule has 62 valence electrons. The first-order valence-electron chi connectivity index (χ1n) is 3.75. The number of nitrogens with zero attached hydrogens (tertiary/aromatic N) is 3. The van der Waals surface area contributed by atoms with E-state index in [4.69, 9.17) is 0 Å². The standard InChI is InChI=1S/C8H9N3O/c1-7-8(10-12-9-7)6-11-4-2-3-5-11/h2-5H,6H2,1H3. The fourth-order valence-electron chi connectivity index (χ4n) is 1.04. The smallest absolute Gasteiger partial charge is 0.127 e. The van der Waals surface area contributed by atoms with Crippen LogP contribution in [0.5, 0.6) is 0 Å².